The fraction of sp³-hybridized carbons (Fsp3) is 0.500. The van der Waals surface area contributed by atoms with Crippen LogP contribution in [0.3, 0.4) is 0 Å². The van der Waals surface area contributed by atoms with Gasteiger partial charge in [-0.25, -0.2) is 13.6 Å². The summed E-state index contributed by atoms with van der Waals surface area (Å²) in [5, 5.41) is 20.5. The van der Waals surface area contributed by atoms with Crippen LogP contribution in [0.5, 0.6) is 0 Å². The van der Waals surface area contributed by atoms with Gasteiger partial charge in [-0.05, 0) is 0 Å². The molecule has 3 amide bonds. The average Bonchev–Trinajstić information content (AvgIpc) is 3.07. The number of nitrogens with zero attached hydrogens (tertiary/aromatic N) is 4. The van der Waals surface area contributed by atoms with E-state index in [0.29, 0.717) is 0 Å². The fourth-order valence-corrected chi connectivity index (χ4v) is 3.43. The number of piperazine rings is 1. The molecular weight excluding hydrogens is 406 g/mol. The number of carbonyl (C=O) groups is 3. The van der Waals surface area contributed by atoms with Crippen molar-refractivity contribution < 1.29 is 33.0 Å². The number of cyclic esters (lactones) is 1. The Morgan fingerprint density at radius 2 is 1.83 bits per heavy atom. The number of rotatable bonds is 5. The van der Waals surface area contributed by atoms with Gasteiger partial charge in [0.2, 0.25) is 11.8 Å². The van der Waals surface area contributed by atoms with E-state index >= 15 is 0 Å². The van der Waals surface area contributed by atoms with Crippen LogP contribution in [0.15, 0.2) is 12.1 Å². The van der Waals surface area contributed by atoms with Crippen molar-refractivity contribution in [3.63, 3.8) is 0 Å². The molecule has 164 valence electrons. The van der Waals surface area contributed by atoms with Crippen LogP contribution < -0.4 is 9.80 Å². The van der Waals surface area contributed by atoms with E-state index in [9.17, 15) is 28.4 Å². The Balaban J connectivity index is 1.71. The largest absolute Gasteiger partial charge is 0.756 e. The maximum Gasteiger partial charge on any atom is 0.414 e. The van der Waals surface area contributed by atoms with Crippen LogP contribution in [0.4, 0.5) is 25.0 Å². The lowest BCUT2D eigenvalue weighted by molar-refractivity contribution is -0.134. The van der Waals surface area contributed by atoms with Gasteiger partial charge in [0.15, 0.2) is 11.6 Å². The van der Waals surface area contributed by atoms with Gasteiger partial charge in [-0.1, -0.05) is 0 Å². The second-order valence-electron chi connectivity index (χ2n) is 6.98. The Morgan fingerprint density at radius 3 is 2.37 bits per heavy atom. The van der Waals surface area contributed by atoms with E-state index in [4.69, 9.17) is 9.84 Å². The predicted octanol–water partition coefficient (Wildman–Crippen LogP) is 0.277. The molecule has 0 bridgehead atoms. The van der Waals surface area contributed by atoms with Crippen LogP contribution in [-0.2, 0) is 14.3 Å². The molecule has 0 radical (unpaired) electrons. The predicted molar refractivity (Wildman–Crippen MR) is 101 cm³/mol. The number of ether oxygens (including phenoxy) is 1. The van der Waals surface area contributed by atoms with E-state index in [1.165, 1.54) is 9.80 Å². The van der Waals surface area contributed by atoms with Crippen molar-refractivity contribution in [1.29, 1.82) is 0 Å². The van der Waals surface area contributed by atoms with Crippen molar-refractivity contribution >= 4 is 29.3 Å². The normalized spacial score (nSPS) is 19.2. The number of carbonyl (C=O) groups excluding carboxylic acids is 3. The van der Waals surface area contributed by atoms with Crippen molar-refractivity contribution in [1.82, 2.24) is 9.96 Å². The van der Waals surface area contributed by atoms with Crippen LogP contribution >= 0.6 is 0 Å². The van der Waals surface area contributed by atoms with Gasteiger partial charge in [0, 0.05) is 51.8 Å². The van der Waals surface area contributed by atoms with Crippen molar-refractivity contribution in [2.45, 2.75) is 13.0 Å². The first kappa shape index (κ1) is 21.7. The molecule has 12 heteroatoms. The smallest absolute Gasteiger partial charge is 0.414 e. The number of hydrogen-bond donors (Lipinski definition) is 1. The van der Waals surface area contributed by atoms with Crippen molar-refractivity contribution in [3.8, 4) is 0 Å². The molecule has 2 heterocycles. The molecule has 1 unspecified atom stereocenters. The molecule has 3 rings (SSSR count). The summed E-state index contributed by atoms with van der Waals surface area (Å²) in [6, 6.07) is 1.99. The highest BCUT2D eigenvalue weighted by molar-refractivity contribution is 5.90. The van der Waals surface area contributed by atoms with Gasteiger partial charge >= 0.3 is 6.09 Å². The van der Waals surface area contributed by atoms with Crippen LogP contribution in [0, 0.1) is 16.8 Å². The standard InChI is InChI=1S/C18H21F2N4O6/c1-11(26)24(29)9-13-8-23(18(28)30-13)12-6-14(19)17(15(20)7-12)22-4-2-21(3-5-22)16(27)10-25/h6-7,13,25H,2-5,8-10H2,1H3/q-1. The number of halogens is 2. The van der Waals surface area contributed by atoms with E-state index in [2.05, 4.69) is 0 Å². The fourth-order valence-electron chi connectivity index (χ4n) is 3.43. The van der Waals surface area contributed by atoms with Crippen LogP contribution in [0.1, 0.15) is 6.92 Å². The summed E-state index contributed by atoms with van der Waals surface area (Å²) in [5.41, 5.74) is -0.350. The van der Waals surface area contributed by atoms with E-state index < -0.39 is 42.3 Å². The monoisotopic (exact) mass is 427 g/mol. The van der Waals surface area contributed by atoms with E-state index in [-0.39, 0.29) is 55.7 Å². The highest BCUT2D eigenvalue weighted by Crippen LogP contribution is 2.31. The van der Waals surface area contributed by atoms with Gasteiger partial charge < -0.3 is 29.9 Å². The second kappa shape index (κ2) is 8.79. The van der Waals surface area contributed by atoms with Gasteiger partial charge in [0.25, 0.3) is 0 Å². The zero-order chi connectivity index (χ0) is 22.0. The third-order valence-electron chi connectivity index (χ3n) is 4.99. The maximum absolute atomic E-state index is 14.7. The Kier molecular flexibility index (Phi) is 6.37. The molecule has 30 heavy (non-hydrogen) atoms. The van der Waals surface area contributed by atoms with Gasteiger partial charge in [-0.2, -0.15) is 0 Å². The molecule has 0 spiro atoms. The van der Waals surface area contributed by atoms with E-state index in [1.807, 2.05) is 0 Å². The lowest BCUT2D eigenvalue weighted by atomic mass is 10.2. The summed E-state index contributed by atoms with van der Waals surface area (Å²) in [4.78, 5) is 38.5. The molecule has 10 nitrogen and oxygen atoms in total. The third-order valence-corrected chi connectivity index (χ3v) is 4.99. The van der Waals surface area contributed by atoms with Crippen molar-refractivity contribution in [3.05, 3.63) is 29.0 Å². The Labute approximate surface area is 170 Å². The van der Waals surface area contributed by atoms with E-state index in [0.717, 1.165) is 24.0 Å². The lowest BCUT2D eigenvalue weighted by Gasteiger charge is -2.36. The first-order valence-corrected chi connectivity index (χ1v) is 9.27. The van der Waals surface area contributed by atoms with Gasteiger partial charge in [-0.15, -0.1) is 0 Å². The first-order chi connectivity index (χ1) is 14.2. The number of aliphatic hydroxyl groups excluding tert-OH is 1. The average molecular weight is 427 g/mol. The Hall–Kier alpha value is -2.99. The minimum atomic E-state index is -0.915. The molecule has 1 atom stereocenters. The number of benzene rings is 1. The van der Waals surface area contributed by atoms with Crippen LogP contribution in [0.25, 0.3) is 0 Å². The molecule has 2 aliphatic rings. The summed E-state index contributed by atoms with van der Waals surface area (Å²) >= 11 is 0. The molecule has 0 saturated carbocycles. The first-order valence-electron chi connectivity index (χ1n) is 9.27. The van der Waals surface area contributed by atoms with Gasteiger partial charge in [0.05, 0.1) is 12.2 Å². The molecular formula is C18H21F2N4O6-. The van der Waals surface area contributed by atoms with E-state index in [1.54, 1.807) is 0 Å². The summed E-state index contributed by atoms with van der Waals surface area (Å²) in [7, 11) is 0. The Morgan fingerprint density at radius 1 is 1.23 bits per heavy atom. The number of aliphatic hydroxyl groups is 1. The summed E-state index contributed by atoms with van der Waals surface area (Å²) < 4.78 is 34.5. The minimum absolute atomic E-state index is 0.0735. The summed E-state index contributed by atoms with van der Waals surface area (Å²) in [6.07, 6.45) is -1.79. The number of hydrogen-bond acceptors (Lipinski definition) is 7. The van der Waals surface area contributed by atoms with Gasteiger partial charge in [-0.3, -0.25) is 14.5 Å². The Bertz CT molecular complexity index is 823. The number of anilines is 2. The molecule has 2 aliphatic heterocycles. The van der Waals surface area contributed by atoms with Gasteiger partial charge in [0.1, 0.15) is 18.4 Å². The van der Waals surface area contributed by atoms with Crippen LogP contribution in [-0.4, -0.2) is 85.0 Å². The molecule has 1 aromatic carbocycles. The molecule has 2 saturated heterocycles. The second-order valence-corrected chi connectivity index (χ2v) is 6.98. The lowest BCUT2D eigenvalue weighted by Crippen LogP contribution is -2.50. The molecule has 0 aromatic heterocycles. The SMILES string of the molecule is CC(=O)N([O-])CC1CN(c2cc(F)c(N3CCN(C(=O)CO)CC3)c(F)c2)C(=O)O1. The summed E-state index contributed by atoms with van der Waals surface area (Å²) in [5.74, 6) is -2.98. The highest BCUT2D eigenvalue weighted by Gasteiger charge is 2.34. The molecule has 0 aliphatic carbocycles. The van der Waals surface area contributed by atoms with Crippen molar-refractivity contribution in [2.75, 3.05) is 55.7 Å². The summed E-state index contributed by atoms with van der Waals surface area (Å²) in [6.45, 7) is 0.714. The maximum atomic E-state index is 14.7. The molecule has 1 N–H and O–H groups in total. The zero-order valence-electron chi connectivity index (χ0n) is 16.2. The quantitative estimate of drug-likeness (QED) is 0.671. The van der Waals surface area contributed by atoms with Crippen molar-refractivity contribution in [2.24, 2.45) is 0 Å². The topological polar surface area (TPSA) is 117 Å². The molecule has 2 fully saturated rings. The highest BCUT2D eigenvalue weighted by atomic mass is 19.1. The molecule has 1 aromatic rings. The number of hydroxylamine groups is 2. The number of amides is 3. The third kappa shape index (κ3) is 4.44. The minimum Gasteiger partial charge on any atom is -0.756 e. The zero-order valence-corrected chi connectivity index (χ0v) is 16.2. The van der Waals surface area contributed by atoms with Crippen LogP contribution in [0.2, 0.25) is 0 Å².